The lowest BCUT2D eigenvalue weighted by Crippen LogP contribution is -2.53. The third-order valence-corrected chi connectivity index (χ3v) is 5.91. The minimum atomic E-state index is -0.237. The fourth-order valence-electron chi connectivity index (χ4n) is 4.17. The number of amides is 1. The number of hydrogen-bond acceptors (Lipinski definition) is 3. The molecule has 3 aliphatic heterocycles. The Morgan fingerprint density at radius 1 is 1.04 bits per heavy atom. The second-order valence-electron chi connectivity index (χ2n) is 7.65. The zero-order valence-corrected chi connectivity index (χ0v) is 16.0. The molecule has 4 heteroatoms. The minimum Gasteiger partial charge on any atom is -0.444 e. The van der Waals surface area contributed by atoms with Gasteiger partial charge in [-0.3, -0.25) is 9.80 Å². The van der Waals surface area contributed by atoms with Gasteiger partial charge in [0.2, 0.25) is 0 Å². The number of piperidine rings is 3. The molecule has 2 bridgehead atoms. The number of nitrogens with zero attached hydrogens (tertiary/aromatic N) is 2. The Morgan fingerprint density at radius 3 is 2.30 bits per heavy atom. The van der Waals surface area contributed by atoms with E-state index in [0.717, 1.165) is 50.1 Å². The number of benzene rings is 2. The van der Waals surface area contributed by atoms with Crippen LogP contribution in [-0.2, 0) is 17.7 Å². The molecule has 2 aromatic carbocycles. The van der Waals surface area contributed by atoms with Crippen LogP contribution in [0, 0.1) is 5.92 Å². The van der Waals surface area contributed by atoms with Crippen molar-refractivity contribution in [3.63, 3.8) is 0 Å². The maximum atomic E-state index is 13.1. The summed E-state index contributed by atoms with van der Waals surface area (Å²) in [6.45, 7) is 5.84. The van der Waals surface area contributed by atoms with Gasteiger partial charge in [0.15, 0.2) is 0 Å². The molecule has 0 aliphatic carbocycles. The lowest BCUT2D eigenvalue weighted by Gasteiger charge is -2.44. The highest BCUT2D eigenvalue weighted by atomic mass is 16.6. The van der Waals surface area contributed by atoms with Crippen molar-refractivity contribution in [1.29, 1.82) is 0 Å². The number of carbonyl (C=O) groups excluding carboxylic acids is 1. The van der Waals surface area contributed by atoms with E-state index in [1.807, 2.05) is 30.3 Å². The largest absolute Gasteiger partial charge is 0.444 e. The van der Waals surface area contributed by atoms with Gasteiger partial charge >= 0.3 is 6.09 Å². The predicted octanol–water partition coefficient (Wildman–Crippen LogP) is 4.49. The van der Waals surface area contributed by atoms with Crippen molar-refractivity contribution in [2.75, 3.05) is 24.5 Å². The third kappa shape index (κ3) is 4.16. The summed E-state index contributed by atoms with van der Waals surface area (Å²) >= 11 is 0. The highest BCUT2D eigenvalue weighted by molar-refractivity contribution is 5.87. The molecule has 3 aliphatic rings. The SMILES string of the molecule is CCc1ccc(CN(C(=O)OC2CN3CCC2CC3)c2ccccc2)cc1. The second-order valence-corrected chi connectivity index (χ2v) is 7.65. The average molecular weight is 364 g/mol. The summed E-state index contributed by atoms with van der Waals surface area (Å²) in [5.74, 6) is 0.514. The molecule has 0 aromatic heterocycles. The Hall–Kier alpha value is -2.33. The number of hydrogen-bond donors (Lipinski definition) is 0. The van der Waals surface area contributed by atoms with Crippen LogP contribution in [0.4, 0.5) is 10.5 Å². The van der Waals surface area contributed by atoms with Crippen molar-refractivity contribution in [3.05, 3.63) is 65.7 Å². The number of ether oxygens (including phenoxy) is 1. The molecule has 0 saturated carbocycles. The maximum absolute atomic E-state index is 13.1. The molecule has 3 heterocycles. The van der Waals surface area contributed by atoms with Gasteiger partial charge in [0.1, 0.15) is 6.10 Å². The monoisotopic (exact) mass is 364 g/mol. The van der Waals surface area contributed by atoms with Crippen molar-refractivity contribution in [3.8, 4) is 0 Å². The van der Waals surface area contributed by atoms with Gasteiger partial charge in [0.05, 0.1) is 6.54 Å². The summed E-state index contributed by atoms with van der Waals surface area (Å²) in [4.78, 5) is 17.3. The van der Waals surface area contributed by atoms with E-state index in [2.05, 4.69) is 36.1 Å². The van der Waals surface area contributed by atoms with Crippen LogP contribution in [0.15, 0.2) is 54.6 Å². The first-order valence-corrected chi connectivity index (χ1v) is 10.1. The molecule has 0 N–H and O–H groups in total. The van der Waals surface area contributed by atoms with E-state index in [0.29, 0.717) is 12.5 Å². The van der Waals surface area contributed by atoms with Crippen LogP contribution in [-0.4, -0.2) is 36.7 Å². The Bertz CT molecular complexity index is 752. The van der Waals surface area contributed by atoms with E-state index in [1.165, 1.54) is 5.56 Å². The van der Waals surface area contributed by atoms with Gasteiger partial charge in [-0.15, -0.1) is 0 Å². The highest BCUT2D eigenvalue weighted by Gasteiger charge is 2.37. The number of para-hydroxylation sites is 1. The van der Waals surface area contributed by atoms with Crippen molar-refractivity contribution in [1.82, 2.24) is 4.90 Å². The lowest BCUT2D eigenvalue weighted by atomic mass is 9.86. The molecule has 1 unspecified atom stereocenters. The molecule has 1 amide bonds. The Balaban J connectivity index is 1.51. The van der Waals surface area contributed by atoms with Gasteiger partial charge < -0.3 is 4.74 Å². The molecule has 0 spiro atoms. The van der Waals surface area contributed by atoms with Gasteiger partial charge in [0, 0.05) is 12.2 Å². The summed E-state index contributed by atoms with van der Waals surface area (Å²) in [5, 5.41) is 0. The number of anilines is 1. The van der Waals surface area contributed by atoms with Crippen molar-refractivity contribution < 1.29 is 9.53 Å². The van der Waals surface area contributed by atoms with Crippen LogP contribution in [0.1, 0.15) is 30.9 Å². The average Bonchev–Trinajstić information content (AvgIpc) is 2.74. The van der Waals surface area contributed by atoms with Crippen LogP contribution in [0.25, 0.3) is 0 Å². The van der Waals surface area contributed by atoms with Crippen LogP contribution in [0.2, 0.25) is 0 Å². The molecule has 4 nitrogen and oxygen atoms in total. The minimum absolute atomic E-state index is 0.0219. The van der Waals surface area contributed by atoms with Crippen LogP contribution in [0.5, 0.6) is 0 Å². The Morgan fingerprint density at radius 2 is 1.70 bits per heavy atom. The van der Waals surface area contributed by atoms with Gasteiger partial charge in [-0.25, -0.2) is 4.79 Å². The zero-order valence-electron chi connectivity index (χ0n) is 16.0. The standard InChI is InChI=1S/C23H28N2O2/c1-2-18-8-10-19(11-9-18)16-25(21-6-4-3-5-7-21)23(26)27-22-17-24-14-12-20(22)13-15-24/h3-11,20,22H,2,12-17H2,1H3. The lowest BCUT2D eigenvalue weighted by molar-refractivity contribution is -0.0311. The van der Waals surface area contributed by atoms with Crippen molar-refractivity contribution >= 4 is 11.8 Å². The predicted molar refractivity (Wildman–Crippen MR) is 108 cm³/mol. The van der Waals surface area contributed by atoms with Crippen molar-refractivity contribution in [2.24, 2.45) is 5.92 Å². The van der Waals surface area contributed by atoms with Crippen LogP contribution < -0.4 is 4.90 Å². The first-order valence-electron chi connectivity index (χ1n) is 10.1. The molecular weight excluding hydrogens is 336 g/mol. The molecule has 3 saturated heterocycles. The molecule has 5 rings (SSSR count). The Kier molecular flexibility index (Phi) is 5.44. The third-order valence-electron chi connectivity index (χ3n) is 5.91. The number of aryl methyl sites for hydroxylation is 1. The molecule has 27 heavy (non-hydrogen) atoms. The van der Waals surface area contributed by atoms with Gasteiger partial charge in [0.25, 0.3) is 0 Å². The van der Waals surface area contributed by atoms with E-state index in [1.54, 1.807) is 4.90 Å². The maximum Gasteiger partial charge on any atom is 0.414 e. The summed E-state index contributed by atoms with van der Waals surface area (Å²) < 4.78 is 6.00. The smallest absolute Gasteiger partial charge is 0.414 e. The fourth-order valence-corrected chi connectivity index (χ4v) is 4.17. The topological polar surface area (TPSA) is 32.8 Å². The molecular formula is C23H28N2O2. The fraction of sp³-hybridized carbons (Fsp3) is 0.435. The molecule has 0 radical (unpaired) electrons. The van der Waals surface area contributed by atoms with Gasteiger partial charge in [-0.2, -0.15) is 0 Å². The van der Waals surface area contributed by atoms with Gasteiger partial charge in [-0.05, 0) is 61.5 Å². The first kappa shape index (κ1) is 18.1. The molecule has 142 valence electrons. The normalized spacial score (nSPS) is 23.8. The van der Waals surface area contributed by atoms with Crippen molar-refractivity contribution in [2.45, 2.75) is 38.8 Å². The summed E-state index contributed by atoms with van der Waals surface area (Å²) in [6, 6.07) is 18.3. The first-order chi connectivity index (χ1) is 13.2. The summed E-state index contributed by atoms with van der Waals surface area (Å²) in [6.07, 6.45) is 3.08. The van der Waals surface area contributed by atoms with Gasteiger partial charge in [-0.1, -0.05) is 49.4 Å². The quantitative estimate of drug-likeness (QED) is 0.784. The van der Waals surface area contributed by atoms with E-state index in [4.69, 9.17) is 4.74 Å². The summed E-state index contributed by atoms with van der Waals surface area (Å²) in [7, 11) is 0. The zero-order chi connectivity index (χ0) is 18.6. The molecule has 2 aromatic rings. The summed E-state index contributed by atoms with van der Waals surface area (Å²) in [5.41, 5.74) is 3.30. The van der Waals surface area contributed by atoms with Crippen LogP contribution >= 0.6 is 0 Å². The van der Waals surface area contributed by atoms with E-state index < -0.39 is 0 Å². The molecule has 1 atom stereocenters. The van der Waals surface area contributed by atoms with E-state index in [9.17, 15) is 4.79 Å². The number of carbonyl (C=O) groups is 1. The van der Waals surface area contributed by atoms with E-state index in [-0.39, 0.29) is 12.2 Å². The molecule has 3 fully saturated rings. The number of fused-ring (bicyclic) bond motifs is 3. The highest BCUT2D eigenvalue weighted by Crippen LogP contribution is 2.30. The Labute approximate surface area is 161 Å². The van der Waals surface area contributed by atoms with Crippen LogP contribution in [0.3, 0.4) is 0 Å². The van der Waals surface area contributed by atoms with E-state index >= 15 is 0 Å². The number of rotatable bonds is 5. The second kappa shape index (κ2) is 8.13.